The molecular weight excluding hydrogens is 440 g/mol. The Morgan fingerprint density at radius 3 is 2.67 bits per heavy atom. The SMILES string of the molecule is CC[C@]1(c2ccccc2)NC(=O)N(CC(=O)N2N=C(c3ccco3)C[C@@H]2c2cccs2)C1=O. The summed E-state index contributed by atoms with van der Waals surface area (Å²) < 4.78 is 5.48. The van der Waals surface area contributed by atoms with Crippen molar-refractivity contribution in [2.24, 2.45) is 5.10 Å². The standard InChI is InChI=1S/C24H22N4O4S/c1-2-24(16-8-4-3-5-9-16)22(30)27(23(31)25-24)15-21(29)28-18(20-11-7-13-33-20)14-17(26-28)19-10-6-12-32-19/h3-13,18H,2,14-15H2,1H3,(H,25,31)/t18-,24-/m1/s1. The molecule has 2 aliphatic rings. The van der Waals surface area contributed by atoms with Crippen LogP contribution in [-0.2, 0) is 15.1 Å². The molecule has 8 nitrogen and oxygen atoms in total. The minimum absolute atomic E-state index is 0.316. The van der Waals surface area contributed by atoms with Gasteiger partial charge in [0.05, 0.1) is 12.3 Å². The van der Waals surface area contributed by atoms with Crippen LogP contribution in [0.1, 0.15) is 42.0 Å². The number of furan rings is 1. The average Bonchev–Trinajstić information content (AvgIpc) is 3.63. The van der Waals surface area contributed by atoms with Gasteiger partial charge >= 0.3 is 6.03 Å². The van der Waals surface area contributed by atoms with Gasteiger partial charge in [-0.25, -0.2) is 9.80 Å². The van der Waals surface area contributed by atoms with E-state index in [9.17, 15) is 14.4 Å². The van der Waals surface area contributed by atoms with Gasteiger partial charge in [-0.3, -0.25) is 14.5 Å². The Balaban J connectivity index is 1.42. The largest absolute Gasteiger partial charge is 0.463 e. The minimum atomic E-state index is -1.18. The minimum Gasteiger partial charge on any atom is -0.463 e. The molecule has 0 radical (unpaired) electrons. The number of benzene rings is 1. The first-order valence-electron chi connectivity index (χ1n) is 10.7. The van der Waals surface area contributed by atoms with Crippen molar-refractivity contribution in [2.45, 2.75) is 31.3 Å². The van der Waals surface area contributed by atoms with Gasteiger partial charge in [-0.05, 0) is 35.6 Å². The van der Waals surface area contributed by atoms with Crippen molar-refractivity contribution >= 4 is 34.9 Å². The van der Waals surface area contributed by atoms with E-state index in [1.807, 2.05) is 42.6 Å². The third-order valence-electron chi connectivity index (χ3n) is 6.11. The monoisotopic (exact) mass is 462 g/mol. The Morgan fingerprint density at radius 1 is 1.18 bits per heavy atom. The summed E-state index contributed by atoms with van der Waals surface area (Å²) >= 11 is 1.53. The first-order chi connectivity index (χ1) is 16.0. The molecule has 1 fully saturated rings. The number of nitrogens with zero attached hydrogens (tertiary/aromatic N) is 3. The number of amides is 4. The smallest absolute Gasteiger partial charge is 0.325 e. The number of imide groups is 1. The molecule has 33 heavy (non-hydrogen) atoms. The quantitative estimate of drug-likeness (QED) is 0.563. The summed E-state index contributed by atoms with van der Waals surface area (Å²) in [5, 5.41) is 10.6. The van der Waals surface area contributed by atoms with E-state index >= 15 is 0 Å². The molecule has 1 N–H and O–H groups in total. The fraction of sp³-hybridized carbons (Fsp3) is 0.250. The van der Waals surface area contributed by atoms with Gasteiger partial charge in [0, 0.05) is 11.3 Å². The van der Waals surface area contributed by atoms with Crippen molar-refractivity contribution in [3.8, 4) is 0 Å². The van der Waals surface area contributed by atoms with Crippen LogP contribution < -0.4 is 5.32 Å². The number of thiophene rings is 1. The van der Waals surface area contributed by atoms with Crippen molar-refractivity contribution in [3.63, 3.8) is 0 Å². The number of hydrogen-bond donors (Lipinski definition) is 1. The van der Waals surface area contributed by atoms with Gasteiger partial charge in [0.2, 0.25) is 0 Å². The van der Waals surface area contributed by atoms with Gasteiger partial charge < -0.3 is 9.73 Å². The van der Waals surface area contributed by atoms with Crippen LogP contribution in [0.15, 0.2) is 75.8 Å². The highest BCUT2D eigenvalue weighted by molar-refractivity contribution is 7.10. The van der Waals surface area contributed by atoms with E-state index in [4.69, 9.17) is 4.42 Å². The lowest BCUT2D eigenvalue weighted by atomic mass is 9.87. The second-order valence-electron chi connectivity index (χ2n) is 7.94. The highest BCUT2D eigenvalue weighted by Crippen LogP contribution is 2.36. The zero-order valence-corrected chi connectivity index (χ0v) is 18.7. The molecular formula is C24H22N4O4S. The van der Waals surface area contributed by atoms with Crippen LogP contribution in [0.3, 0.4) is 0 Å². The lowest BCUT2D eigenvalue weighted by Crippen LogP contribution is -2.45. The normalized spacial score (nSPS) is 22.6. The van der Waals surface area contributed by atoms with Crippen LogP contribution in [0.4, 0.5) is 4.79 Å². The summed E-state index contributed by atoms with van der Waals surface area (Å²) in [7, 11) is 0. The van der Waals surface area contributed by atoms with Crippen LogP contribution in [0.25, 0.3) is 0 Å². The fourth-order valence-corrected chi connectivity index (χ4v) is 5.19. The van der Waals surface area contributed by atoms with E-state index < -0.39 is 29.9 Å². The third-order valence-corrected chi connectivity index (χ3v) is 7.08. The van der Waals surface area contributed by atoms with Gasteiger partial charge in [-0.2, -0.15) is 5.10 Å². The Morgan fingerprint density at radius 2 is 2.00 bits per heavy atom. The molecule has 0 spiro atoms. The zero-order valence-electron chi connectivity index (χ0n) is 17.9. The lowest BCUT2D eigenvalue weighted by Gasteiger charge is -2.26. The lowest BCUT2D eigenvalue weighted by molar-refractivity contribution is -0.140. The average molecular weight is 463 g/mol. The first kappa shape index (κ1) is 21.1. The van der Waals surface area contributed by atoms with Gasteiger partial charge in [0.25, 0.3) is 11.8 Å². The Labute approximate surface area is 194 Å². The predicted molar refractivity (Wildman–Crippen MR) is 122 cm³/mol. The number of nitrogens with one attached hydrogen (secondary N) is 1. The topological polar surface area (TPSA) is 95.2 Å². The Kier molecular flexibility index (Phi) is 5.33. The fourth-order valence-electron chi connectivity index (χ4n) is 4.37. The number of urea groups is 1. The van der Waals surface area contributed by atoms with E-state index in [-0.39, 0.29) is 6.04 Å². The van der Waals surface area contributed by atoms with Crippen LogP contribution in [0.2, 0.25) is 0 Å². The molecule has 5 rings (SSSR count). The number of hydrogen-bond acceptors (Lipinski definition) is 6. The molecule has 0 aliphatic carbocycles. The molecule has 168 valence electrons. The molecule has 2 aliphatic heterocycles. The first-order valence-corrected chi connectivity index (χ1v) is 11.6. The van der Waals surface area contributed by atoms with Crippen LogP contribution in [0, 0.1) is 0 Å². The Hall–Kier alpha value is -3.72. The molecule has 3 aromatic rings. The molecule has 1 saturated heterocycles. The molecule has 9 heteroatoms. The number of hydrazone groups is 1. The highest BCUT2D eigenvalue weighted by atomic mass is 32.1. The van der Waals surface area contributed by atoms with Crippen molar-refractivity contribution in [1.29, 1.82) is 0 Å². The summed E-state index contributed by atoms with van der Waals surface area (Å²) in [6, 6.07) is 15.6. The van der Waals surface area contributed by atoms with Crippen molar-refractivity contribution in [3.05, 3.63) is 82.4 Å². The summed E-state index contributed by atoms with van der Waals surface area (Å²) in [6.45, 7) is 1.44. The zero-order chi connectivity index (χ0) is 23.0. The molecule has 0 saturated carbocycles. The highest BCUT2D eigenvalue weighted by Gasteiger charge is 2.52. The molecule has 2 atom stereocenters. The third kappa shape index (κ3) is 3.54. The molecule has 0 bridgehead atoms. The number of rotatable bonds is 6. The van der Waals surface area contributed by atoms with E-state index in [1.165, 1.54) is 16.3 Å². The van der Waals surface area contributed by atoms with Crippen molar-refractivity contribution < 1.29 is 18.8 Å². The Bertz CT molecular complexity index is 1210. The summed E-state index contributed by atoms with van der Waals surface area (Å²) in [4.78, 5) is 41.6. The summed E-state index contributed by atoms with van der Waals surface area (Å²) in [6.07, 6.45) is 2.42. The van der Waals surface area contributed by atoms with Crippen LogP contribution >= 0.6 is 11.3 Å². The molecule has 0 unspecified atom stereocenters. The molecule has 1 aromatic carbocycles. The van der Waals surface area contributed by atoms with Gasteiger partial charge in [-0.15, -0.1) is 11.3 Å². The maximum Gasteiger partial charge on any atom is 0.325 e. The number of carbonyl (C=O) groups is 3. The number of carbonyl (C=O) groups excluding carboxylic acids is 3. The van der Waals surface area contributed by atoms with Crippen molar-refractivity contribution in [1.82, 2.24) is 15.2 Å². The van der Waals surface area contributed by atoms with Gasteiger partial charge in [0.1, 0.15) is 23.6 Å². The predicted octanol–water partition coefficient (Wildman–Crippen LogP) is 3.88. The van der Waals surface area contributed by atoms with Crippen LogP contribution in [0.5, 0.6) is 0 Å². The second kappa shape index (κ2) is 8.32. The van der Waals surface area contributed by atoms with E-state index in [1.54, 1.807) is 30.5 Å². The maximum absolute atomic E-state index is 13.4. The van der Waals surface area contributed by atoms with Crippen molar-refractivity contribution in [2.75, 3.05) is 6.54 Å². The second-order valence-corrected chi connectivity index (χ2v) is 8.92. The maximum atomic E-state index is 13.4. The molecule has 4 heterocycles. The van der Waals surface area contributed by atoms with E-state index in [2.05, 4.69) is 10.4 Å². The molecule has 4 amide bonds. The van der Waals surface area contributed by atoms with Crippen LogP contribution in [-0.4, -0.2) is 40.0 Å². The van der Waals surface area contributed by atoms with E-state index in [0.29, 0.717) is 29.9 Å². The van der Waals surface area contributed by atoms with Gasteiger partial charge in [0.15, 0.2) is 0 Å². The van der Waals surface area contributed by atoms with Gasteiger partial charge in [-0.1, -0.05) is 43.3 Å². The molecule has 2 aromatic heterocycles. The summed E-state index contributed by atoms with van der Waals surface area (Å²) in [5.74, 6) is -0.272. The summed E-state index contributed by atoms with van der Waals surface area (Å²) in [5.41, 5.74) is 0.159. The van der Waals surface area contributed by atoms with E-state index in [0.717, 1.165) is 9.78 Å².